The molecule has 6 nitrogen and oxygen atoms in total. The van der Waals surface area contributed by atoms with Crippen LogP contribution in [0.4, 0.5) is 11.4 Å². The van der Waals surface area contributed by atoms with E-state index in [0.29, 0.717) is 17.9 Å². The van der Waals surface area contributed by atoms with Gasteiger partial charge in [0.1, 0.15) is 5.75 Å². The van der Waals surface area contributed by atoms with Gasteiger partial charge in [-0.25, -0.2) is 8.42 Å². The first kappa shape index (κ1) is 24.9. The van der Waals surface area contributed by atoms with Crippen LogP contribution in [0, 0.1) is 0 Å². The van der Waals surface area contributed by atoms with Crippen LogP contribution in [0.1, 0.15) is 13.3 Å². The van der Waals surface area contributed by atoms with Gasteiger partial charge in [-0.05, 0) is 65.7 Å². The smallest absolute Gasteiger partial charge is 0.265 e. The molecule has 0 saturated carbocycles. The lowest BCUT2D eigenvalue weighted by molar-refractivity contribution is -0.122. The lowest BCUT2D eigenvalue weighted by Gasteiger charge is -2.18. The van der Waals surface area contributed by atoms with Crippen molar-refractivity contribution >= 4 is 61.3 Å². The van der Waals surface area contributed by atoms with E-state index in [0.717, 1.165) is 10.8 Å². The monoisotopic (exact) mass is 528 g/mol. The summed E-state index contributed by atoms with van der Waals surface area (Å²) in [7, 11) is -3.91. The van der Waals surface area contributed by atoms with E-state index in [4.69, 9.17) is 27.9 Å². The highest BCUT2D eigenvalue weighted by Gasteiger charge is 2.20. The van der Waals surface area contributed by atoms with Crippen LogP contribution >= 0.6 is 23.2 Å². The van der Waals surface area contributed by atoms with Crippen LogP contribution in [0.3, 0.4) is 0 Å². The molecular formula is C26H22Cl2N2O4S. The Kier molecular flexibility index (Phi) is 7.50. The maximum absolute atomic E-state index is 12.8. The summed E-state index contributed by atoms with van der Waals surface area (Å²) in [6.45, 7) is 1.85. The molecule has 0 aliphatic heterocycles. The first-order valence-corrected chi connectivity index (χ1v) is 13.0. The number of hydrogen-bond donors (Lipinski definition) is 2. The number of nitrogens with one attached hydrogen (secondary N) is 2. The molecule has 0 aliphatic rings. The summed E-state index contributed by atoms with van der Waals surface area (Å²) in [5, 5.41) is 5.23. The number of amides is 1. The van der Waals surface area contributed by atoms with Gasteiger partial charge in [-0.1, -0.05) is 66.5 Å². The van der Waals surface area contributed by atoms with E-state index < -0.39 is 16.1 Å². The number of anilines is 2. The number of ether oxygens (including phenoxy) is 1. The minimum absolute atomic E-state index is 0.00555. The number of benzene rings is 4. The van der Waals surface area contributed by atoms with Gasteiger partial charge in [0.2, 0.25) is 0 Å². The molecule has 2 N–H and O–H groups in total. The van der Waals surface area contributed by atoms with Crippen LogP contribution in [0.15, 0.2) is 89.8 Å². The van der Waals surface area contributed by atoms with Crippen molar-refractivity contribution in [1.82, 2.24) is 0 Å². The summed E-state index contributed by atoms with van der Waals surface area (Å²) in [6.07, 6.45) is -0.263. The number of hydrogen-bond acceptors (Lipinski definition) is 4. The largest absolute Gasteiger partial charge is 0.481 e. The Bertz CT molecular complexity index is 1470. The summed E-state index contributed by atoms with van der Waals surface area (Å²) >= 11 is 12.0. The van der Waals surface area contributed by atoms with Crippen molar-refractivity contribution in [1.29, 1.82) is 0 Å². The summed E-state index contributed by atoms with van der Waals surface area (Å²) in [4.78, 5) is 12.8. The maximum Gasteiger partial charge on any atom is 0.265 e. The predicted octanol–water partition coefficient (Wildman–Crippen LogP) is 6.74. The van der Waals surface area contributed by atoms with Crippen LogP contribution < -0.4 is 14.8 Å². The second kappa shape index (κ2) is 10.6. The zero-order chi connectivity index (χ0) is 25.0. The maximum atomic E-state index is 12.8. The highest BCUT2D eigenvalue weighted by atomic mass is 35.5. The van der Waals surface area contributed by atoms with Crippen LogP contribution in [0.5, 0.6) is 5.75 Å². The van der Waals surface area contributed by atoms with Gasteiger partial charge < -0.3 is 10.1 Å². The third kappa shape index (κ3) is 5.88. The highest BCUT2D eigenvalue weighted by Crippen LogP contribution is 2.31. The van der Waals surface area contributed by atoms with Crippen molar-refractivity contribution in [2.75, 3.05) is 10.0 Å². The van der Waals surface area contributed by atoms with E-state index in [1.807, 2.05) is 49.4 Å². The van der Waals surface area contributed by atoms with Crippen molar-refractivity contribution in [2.24, 2.45) is 0 Å². The molecule has 0 saturated heterocycles. The summed E-state index contributed by atoms with van der Waals surface area (Å²) in [5.74, 6) is 0.262. The summed E-state index contributed by atoms with van der Waals surface area (Å²) in [6, 6.07) is 24.0. The number of carbonyl (C=O) groups excluding carboxylic acids is 1. The van der Waals surface area contributed by atoms with Gasteiger partial charge in [-0.2, -0.15) is 0 Å². The van der Waals surface area contributed by atoms with E-state index >= 15 is 0 Å². The number of fused-ring (bicyclic) bond motifs is 1. The molecule has 35 heavy (non-hydrogen) atoms. The van der Waals surface area contributed by atoms with Gasteiger partial charge in [-0.3, -0.25) is 9.52 Å². The summed E-state index contributed by atoms with van der Waals surface area (Å²) < 4.78 is 33.8. The zero-order valence-corrected chi connectivity index (χ0v) is 21.0. The molecule has 0 radical (unpaired) electrons. The number of carbonyl (C=O) groups is 1. The average Bonchev–Trinajstić information content (AvgIpc) is 2.85. The van der Waals surface area contributed by atoms with Gasteiger partial charge >= 0.3 is 0 Å². The average molecular weight is 529 g/mol. The molecule has 4 aromatic rings. The molecule has 0 fully saturated rings. The lowest BCUT2D eigenvalue weighted by atomic mass is 10.1. The third-order valence-corrected chi connectivity index (χ3v) is 7.49. The quantitative estimate of drug-likeness (QED) is 0.265. The van der Waals surface area contributed by atoms with Crippen molar-refractivity contribution in [3.8, 4) is 5.75 Å². The third-order valence-electron chi connectivity index (χ3n) is 5.29. The lowest BCUT2D eigenvalue weighted by Crippen LogP contribution is -2.32. The molecule has 0 spiro atoms. The number of rotatable bonds is 8. The fourth-order valence-corrected chi connectivity index (χ4v) is 4.93. The standard InChI is InChI=1S/C26H22Cl2N2O4S/c1-2-24(34-20-13-10-17-6-3-4-7-18(17)16-20)26(31)29-19-11-14-21(15-12-19)35(32,33)30-23-9-5-8-22(27)25(23)28/h3-16,24,30H,2H2,1H3,(H,29,31)/t24-/m1/s1. The molecule has 180 valence electrons. The number of sulfonamides is 1. The molecule has 1 atom stereocenters. The highest BCUT2D eigenvalue weighted by molar-refractivity contribution is 7.92. The Morgan fingerprint density at radius 1 is 0.914 bits per heavy atom. The van der Waals surface area contributed by atoms with E-state index in [9.17, 15) is 13.2 Å². The van der Waals surface area contributed by atoms with Crippen molar-refractivity contribution in [3.05, 3.63) is 95.0 Å². The first-order valence-electron chi connectivity index (χ1n) is 10.8. The molecule has 4 rings (SSSR count). The predicted molar refractivity (Wildman–Crippen MR) is 141 cm³/mol. The zero-order valence-electron chi connectivity index (χ0n) is 18.7. The van der Waals surface area contributed by atoms with Gasteiger partial charge in [0, 0.05) is 5.69 Å². The fourth-order valence-electron chi connectivity index (χ4n) is 3.45. The van der Waals surface area contributed by atoms with Gasteiger partial charge in [-0.15, -0.1) is 0 Å². The Morgan fingerprint density at radius 2 is 1.63 bits per heavy atom. The van der Waals surface area contributed by atoms with Gasteiger partial charge in [0.25, 0.3) is 15.9 Å². The Labute approximate surface area is 213 Å². The van der Waals surface area contributed by atoms with Crippen LogP contribution in [-0.4, -0.2) is 20.4 Å². The van der Waals surface area contributed by atoms with Gasteiger partial charge in [0.15, 0.2) is 6.10 Å². The SMILES string of the molecule is CC[C@@H](Oc1ccc2ccccc2c1)C(=O)Nc1ccc(S(=O)(=O)Nc2cccc(Cl)c2Cl)cc1. The molecule has 1 amide bonds. The van der Waals surface area contributed by atoms with E-state index in [1.165, 1.54) is 30.3 Å². The topological polar surface area (TPSA) is 84.5 Å². The van der Waals surface area contributed by atoms with Crippen LogP contribution in [-0.2, 0) is 14.8 Å². The second-order valence-electron chi connectivity index (χ2n) is 7.74. The molecule has 4 aromatic carbocycles. The molecule has 9 heteroatoms. The Morgan fingerprint density at radius 3 is 2.34 bits per heavy atom. The van der Waals surface area contributed by atoms with Crippen molar-refractivity contribution in [3.63, 3.8) is 0 Å². The molecule has 0 heterocycles. The summed E-state index contributed by atoms with van der Waals surface area (Å²) in [5.41, 5.74) is 0.614. The molecular weight excluding hydrogens is 507 g/mol. The van der Waals surface area contributed by atoms with Crippen molar-refractivity contribution in [2.45, 2.75) is 24.3 Å². The minimum atomic E-state index is -3.91. The molecule has 0 unspecified atom stereocenters. The van der Waals surface area contributed by atoms with Gasteiger partial charge in [0.05, 0.1) is 20.6 Å². The molecule has 0 aromatic heterocycles. The van der Waals surface area contributed by atoms with Crippen molar-refractivity contribution < 1.29 is 17.9 Å². The minimum Gasteiger partial charge on any atom is -0.481 e. The van der Waals surface area contributed by atoms with E-state index in [-0.39, 0.29) is 26.5 Å². The van der Waals surface area contributed by atoms with E-state index in [1.54, 1.807) is 12.1 Å². The Hall–Kier alpha value is -3.26. The first-order chi connectivity index (χ1) is 16.8. The van der Waals surface area contributed by atoms with E-state index in [2.05, 4.69) is 10.0 Å². The number of halogens is 2. The molecule has 0 bridgehead atoms. The van der Waals surface area contributed by atoms with Crippen LogP contribution in [0.25, 0.3) is 10.8 Å². The molecule has 0 aliphatic carbocycles. The normalized spacial score (nSPS) is 12.2. The van der Waals surface area contributed by atoms with Crippen LogP contribution in [0.2, 0.25) is 10.0 Å². The Balaban J connectivity index is 1.43. The second-order valence-corrected chi connectivity index (χ2v) is 10.2. The fraction of sp³-hybridized carbons (Fsp3) is 0.115.